The van der Waals surface area contributed by atoms with Crippen molar-refractivity contribution in [1.29, 1.82) is 5.26 Å². The first kappa shape index (κ1) is 56.0. The molecule has 0 saturated heterocycles. The Labute approximate surface area is 411 Å². The highest BCUT2D eigenvalue weighted by atomic mass is 16.6. The molecule has 2 bridgehead atoms. The van der Waals surface area contributed by atoms with Gasteiger partial charge in [-0.25, -0.2) is 9.78 Å². The number of para-hydroxylation sites is 1. The molecule has 1 aliphatic rings. The zero-order valence-electron chi connectivity index (χ0n) is 43.8. The Bertz CT molecular complexity index is 2210. The van der Waals surface area contributed by atoms with Crippen molar-refractivity contribution < 1.29 is 38.0 Å². The van der Waals surface area contributed by atoms with Gasteiger partial charge >= 0.3 is 5.97 Å². The van der Waals surface area contributed by atoms with Crippen molar-refractivity contribution in [2.75, 3.05) is 33.2 Å². The second kappa shape index (κ2) is 26.4. The van der Waals surface area contributed by atoms with E-state index in [2.05, 4.69) is 52.2 Å². The monoisotopic (exact) mass is 959 g/mol. The summed E-state index contributed by atoms with van der Waals surface area (Å²) in [7, 11) is 6.55. The average molecular weight is 959 g/mol. The normalized spacial score (nSPS) is 22.4. The number of carbonyl (C=O) groups excluding carboxylic acids is 5. The van der Waals surface area contributed by atoms with Crippen molar-refractivity contribution in [3.05, 3.63) is 47.6 Å². The minimum Gasteiger partial charge on any atom is -0.451 e. The molecule has 0 radical (unpaired) electrons. The molecule has 0 aliphatic carbocycles. The molecule has 6 unspecified atom stereocenters. The third-order valence-electron chi connectivity index (χ3n) is 13.5. The van der Waals surface area contributed by atoms with E-state index in [-0.39, 0.29) is 48.8 Å². The summed E-state index contributed by atoms with van der Waals surface area (Å²) in [6, 6.07) is 4.92. The molecule has 69 heavy (non-hydrogen) atoms. The number of carbonyl (C=O) groups is 5. The Kier molecular flexibility index (Phi) is 21.4. The lowest BCUT2D eigenvalue weighted by atomic mass is 9.94. The number of amides is 4. The van der Waals surface area contributed by atoms with Gasteiger partial charge in [0.2, 0.25) is 29.5 Å². The number of hydrogen-bond donors (Lipinski definition) is 2. The van der Waals surface area contributed by atoms with Crippen LogP contribution < -0.4 is 20.4 Å². The summed E-state index contributed by atoms with van der Waals surface area (Å²) in [6.45, 7) is 18.1. The van der Waals surface area contributed by atoms with Gasteiger partial charge in [-0.15, -0.1) is 0 Å². The maximum atomic E-state index is 15.3. The number of nitrogens with one attached hydrogen (secondary N) is 2. The smallest absolute Gasteiger partial charge is 0.329 e. The molecule has 382 valence electrons. The molecular formula is C53H82N8O8. The van der Waals surface area contributed by atoms with Crippen LogP contribution in [0.5, 0.6) is 0 Å². The Morgan fingerprint density at radius 3 is 1.96 bits per heavy atom. The number of likely N-dealkylation sites (N-methyl/N-ethyl adjacent to an activating group) is 3. The Morgan fingerprint density at radius 2 is 1.39 bits per heavy atom. The number of ether oxygens (including phenoxy) is 1. The highest BCUT2D eigenvalue weighted by molar-refractivity contribution is 5.95. The summed E-state index contributed by atoms with van der Waals surface area (Å²) in [6.07, 6.45) is 7.38. The lowest BCUT2D eigenvalue weighted by molar-refractivity contribution is -0.163. The van der Waals surface area contributed by atoms with E-state index in [9.17, 15) is 24.4 Å². The van der Waals surface area contributed by atoms with E-state index in [1.807, 2.05) is 50.4 Å². The number of cyclic esters (lactones) is 1. The van der Waals surface area contributed by atoms with E-state index in [1.165, 1.54) is 18.9 Å². The Hall–Kier alpha value is -5.59. The number of nitrogens with zero attached hydrogens (tertiary/aromatic N) is 6. The number of unbranched alkanes of at least 4 members (excludes halogenated alkanes) is 2. The summed E-state index contributed by atoms with van der Waals surface area (Å²) in [5, 5.41) is 16.6. The summed E-state index contributed by atoms with van der Waals surface area (Å²) >= 11 is 0. The largest absolute Gasteiger partial charge is 0.451 e. The van der Waals surface area contributed by atoms with Crippen LogP contribution in [0.2, 0.25) is 0 Å². The predicted molar refractivity (Wildman–Crippen MR) is 268 cm³/mol. The summed E-state index contributed by atoms with van der Waals surface area (Å²) < 4.78 is 14.4. The number of hydrogen-bond acceptors (Lipinski definition) is 11. The molecule has 16 heteroatoms. The van der Waals surface area contributed by atoms with Gasteiger partial charge in [-0.3, -0.25) is 19.2 Å². The van der Waals surface area contributed by atoms with E-state index >= 15 is 4.79 Å². The average Bonchev–Trinajstić information content (AvgIpc) is 3.90. The number of aromatic nitrogens is 2. The molecule has 2 aromatic heterocycles. The second-order valence-corrected chi connectivity index (χ2v) is 20.3. The van der Waals surface area contributed by atoms with Crippen LogP contribution in [0, 0.1) is 35.0 Å². The number of nitriles is 1. The van der Waals surface area contributed by atoms with Crippen molar-refractivity contribution in [3.63, 3.8) is 0 Å². The van der Waals surface area contributed by atoms with Gasteiger partial charge in [0, 0.05) is 52.0 Å². The van der Waals surface area contributed by atoms with Crippen LogP contribution in [0.1, 0.15) is 156 Å². The van der Waals surface area contributed by atoms with Crippen LogP contribution in [0.15, 0.2) is 34.9 Å². The first-order valence-corrected chi connectivity index (χ1v) is 25.3. The molecule has 0 saturated carbocycles. The molecule has 1 aromatic carbocycles. The molecular weight excluding hydrogens is 877 g/mol. The van der Waals surface area contributed by atoms with Crippen LogP contribution in [0.25, 0.3) is 10.9 Å². The molecule has 0 fully saturated rings. The predicted octanol–water partition coefficient (Wildman–Crippen LogP) is 7.96. The number of anilines is 1. The summed E-state index contributed by atoms with van der Waals surface area (Å²) in [4.78, 5) is 89.0. The fourth-order valence-corrected chi connectivity index (χ4v) is 9.25. The third kappa shape index (κ3) is 15.0. The van der Waals surface area contributed by atoms with Gasteiger partial charge in [-0.1, -0.05) is 112 Å². The Balaban J connectivity index is 2.00. The fraction of sp³-hybridized carbons (Fsp3) is 0.679. The van der Waals surface area contributed by atoms with Crippen LogP contribution in [-0.2, 0) is 41.6 Å². The summed E-state index contributed by atoms with van der Waals surface area (Å²) in [5.74, 6) is -1.96. The van der Waals surface area contributed by atoms with Gasteiger partial charge in [-0.2, -0.15) is 9.99 Å². The lowest BCUT2D eigenvalue weighted by Gasteiger charge is -2.34. The van der Waals surface area contributed by atoms with Crippen LogP contribution in [-0.4, -0.2) is 108 Å². The van der Waals surface area contributed by atoms with Crippen molar-refractivity contribution >= 4 is 46.4 Å². The third-order valence-corrected chi connectivity index (χ3v) is 13.5. The second-order valence-electron chi connectivity index (χ2n) is 20.3. The summed E-state index contributed by atoms with van der Waals surface area (Å²) in [5.41, 5.74) is 2.26. The number of esters is 1. The van der Waals surface area contributed by atoms with E-state index in [4.69, 9.17) is 19.0 Å². The number of rotatable bonds is 19. The Morgan fingerprint density at radius 1 is 0.797 bits per heavy atom. The first-order valence-electron chi connectivity index (χ1n) is 25.3. The molecule has 3 aromatic rings. The SMILES string of the molecule is CCCCC(C)CC1NC(=O)C(CCC#N)OC(=O)[C@H](C)N(C)C(=O)[C@H](CC(C)CCCC)NC(=O)C(Cc2cn(OC)c3ccccc23)N(C)c2oc(nc2CC(C)C)C(CC(C)C)N(C)C1=O. The topological polar surface area (TPSA) is 192 Å². The highest BCUT2D eigenvalue weighted by Gasteiger charge is 2.40. The van der Waals surface area contributed by atoms with E-state index in [0.717, 1.165) is 55.0 Å². The minimum atomic E-state index is -1.43. The van der Waals surface area contributed by atoms with E-state index < -0.39 is 60.0 Å². The molecule has 1 aliphatic heterocycles. The molecule has 0 spiro atoms. The van der Waals surface area contributed by atoms with Crippen LogP contribution in [0.4, 0.5) is 5.88 Å². The van der Waals surface area contributed by atoms with E-state index in [0.29, 0.717) is 43.2 Å². The quantitative estimate of drug-likeness (QED) is 0.111. The first-order chi connectivity index (χ1) is 32.8. The molecule has 4 amide bonds. The van der Waals surface area contributed by atoms with Gasteiger partial charge < -0.3 is 39.3 Å². The molecule has 8 atom stereocenters. The van der Waals surface area contributed by atoms with Gasteiger partial charge in [0.15, 0.2) is 6.10 Å². The minimum absolute atomic E-state index is 0.0278. The van der Waals surface area contributed by atoms with Gasteiger partial charge in [-0.05, 0) is 67.9 Å². The maximum Gasteiger partial charge on any atom is 0.329 e. The fourth-order valence-electron chi connectivity index (χ4n) is 9.25. The number of oxazole rings is 1. The molecule has 16 nitrogen and oxygen atoms in total. The van der Waals surface area contributed by atoms with Crippen LogP contribution in [0.3, 0.4) is 0 Å². The zero-order valence-corrected chi connectivity index (χ0v) is 43.8. The van der Waals surface area contributed by atoms with Gasteiger partial charge in [0.25, 0.3) is 5.91 Å². The molecule has 3 heterocycles. The lowest BCUT2D eigenvalue weighted by Crippen LogP contribution is -2.57. The highest BCUT2D eigenvalue weighted by Crippen LogP contribution is 2.35. The maximum absolute atomic E-state index is 15.3. The van der Waals surface area contributed by atoms with Crippen molar-refractivity contribution in [1.82, 2.24) is 30.1 Å². The van der Waals surface area contributed by atoms with Crippen molar-refractivity contribution in [3.8, 4) is 6.07 Å². The number of benzene rings is 1. The van der Waals surface area contributed by atoms with Gasteiger partial charge in [0.1, 0.15) is 43.0 Å². The van der Waals surface area contributed by atoms with E-state index in [1.54, 1.807) is 35.7 Å². The van der Waals surface area contributed by atoms with Crippen LogP contribution >= 0.6 is 0 Å². The molecule has 2 N–H and O–H groups in total. The zero-order chi connectivity index (χ0) is 51.1. The molecule has 4 rings (SSSR count). The number of fused-ring (bicyclic) bond motifs is 3. The van der Waals surface area contributed by atoms with Crippen molar-refractivity contribution in [2.24, 2.45) is 23.7 Å². The standard InChI is InChI=1S/C53H82N8O8/c1-14-16-21-35(7)29-40-50(64)58(10)37(9)53(66)68-46(25-20-26-54)48(63)56-41(30-36(8)22-17-15-2)51(65)59(11)45(28-34(5)6)49-57-42(27-33(3)4)52(69-49)60(12)44(47(62)55-40)31-38-32-61(67-13)43-24-19-18-23-39(38)43/h18-19,23-24,32-37,40-41,44-46H,14-17,20-22,25,27-31H2,1-13H3,(H,55,62)(H,56,63)/t35?,36?,37-,40-,41?,44?,45?,46?/m0/s1. The van der Waals surface area contributed by atoms with Crippen molar-refractivity contribution in [2.45, 2.75) is 182 Å². The van der Waals surface area contributed by atoms with Gasteiger partial charge in [0.05, 0.1) is 11.6 Å².